The number of alkyl halides is 4. The van der Waals surface area contributed by atoms with Crippen molar-refractivity contribution < 1.29 is 18.0 Å². The van der Waals surface area contributed by atoms with Crippen LogP contribution in [-0.2, 0) is 4.79 Å². The summed E-state index contributed by atoms with van der Waals surface area (Å²) in [6, 6.07) is 0. The number of nitrogens with one attached hydrogen (secondary N) is 1. The van der Waals surface area contributed by atoms with E-state index < -0.39 is 21.7 Å². The molecular weight excluding hydrogens is 243 g/mol. The number of nitrogens with zero attached hydrogens (tertiary/aromatic N) is 1. The second-order valence-corrected chi connectivity index (χ2v) is 4.39. The van der Waals surface area contributed by atoms with Crippen molar-refractivity contribution in [3.63, 3.8) is 0 Å². The molecule has 1 amide bonds. The number of rotatable bonds is 1. The molecule has 2 atom stereocenters. The van der Waals surface area contributed by atoms with Crippen LogP contribution in [0.1, 0.15) is 0 Å². The number of thioether (sulfide) groups is 1. The van der Waals surface area contributed by atoms with Gasteiger partial charge in [0.2, 0.25) is 4.75 Å². The average Bonchev–Trinajstić information content (AvgIpc) is 2.46. The molecule has 1 aliphatic heterocycles. The number of hydrazine groups is 1. The average molecular weight is 248 g/mol. The molecule has 1 rings (SSSR count). The fourth-order valence-electron chi connectivity index (χ4n) is 0.866. The minimum atomic E-state index is -4.78. The molecule has 0 aromatic carbocycles. The summed E-state index contributed by atoms with van der Waals surface area (Å²) in [6.45, 7) is 0. The molecule has 80 valence electrons. The fraction of sp³-hybridized carbons (Fsp3) is 0.600. The van der Waals surface area contributed by atoms with Gasteiger partial charge in [-0.2, -0.15) is 13.2 Å². The van der Waals surface area contributed by atoms with Crippen LogP contribution in [-0.4, -0.2) is 27.9 Å². The summed E-state index contributed by atoms with van der Waals surface area (Å²) >= 11 is 5.53. The van der Waals surface area contributed by atoms with Gasteiger partial charge in [-0.3, -0.25) is 15.2 Å². The molecule has 4 nitrogen and oxygen atoms in total. The Morgan fingerprint density at radius 1 is 1.71 bits per heavy atom. The van der Waals surface area contributed by atoms with E-state index in [1.54, 1.807) is 0 Å². The van der Waals surface area contributed by atoms with E-state index in [9.17, 15) is 18.0 Å². The van der Waals surface area contributed by atoms with Crippen LogP contribution in [0.25, 0.3) is 0 Å². The molecule has 0 aromatic rings. The SMILES string of the molecule is NNC(=O)C1(C(F)(F)F)C=NC(Cl)S1. The molecule has 0 aromatic heterocycles. The molecule has 1 aliphatic rings. The lowest BCUT2D eigenvalue weighted by Gasteiger charge is -2.25. The molecular formula is C5H5ClF3N3OS. The number of amides is 1. The first kappa shape index (κ1) is 11.6. The van der Waals surface area contributed by atoms with Gasteiger partial charge in [-0.15, -0.1) is 0 Å². The van der Waals surface area contributed by atoms with Gasteiger partial charge in [0.15, 0.2) is 4.83 Å². The second-order valence-electron chi connectivity index (χ2n) is 2.39. The zero-order chi connectivity index (χ0) is 11.0. The summed E-state index contributed by atoms with van der Waals surface area (Å²) in [4.78, 5) is 13.2. The molecule has 0 aliphatic carbocycles. The molecule has 0 radical (unpaired) electrons. The van der Waals surface area contributed by atoms with Crippen LogP contribution in [0.4, 0.5) is 13.2 Å². The van der Waals surface area contributed by atoms with Crippen molar-refractivity contribution >= 4 is 35.5 Å². The Kier molecular flexibility index (Phi) is 2.98. The van der Waals surface area contributed by atoms with Gasteiger partial charge in [-0.25, -0.2) is 5.84 Å². The highest BCUT2D eigenvalue weighted by molar-refractivity contribution is 8.04. The van der Waals surface area contributed by atoms with Crippen LogP contribution in [0.3, 0.4) is 0 Å². The van der Waals surface area contributed by atoms with Crippen molar-refractivity contribution in [2.24, 2.45) is 10.8 Å². The van der Waals surface area contributed by atoms with Gasteiger partial charge < -0.3 is 0 Å². The topological polar surface area (TPSA) is 67.5 Å². The summed E-state index contributed by atoms with van der Waals surface area (Å²) in [5, 5.41) is 0. The Hall–Kier alpha value is -0.470. The number of halogens is 4. The zero-order valence-corrected chi connectivity index (χ0v) is 8.08. The molecule has 9 heteroatoms. The Morgan fingerprint density at radius 3 is 2.57 bits per heavy atom. The second kappa shape index (κ2) is 3.59. The van der Waals surface area contributed by atoms with Crippen molar-refractivity contribution in [3.8, 4) is 0 Å². The molecule has 14 heavy (non-hydrogen) atoms. The Balaban J connectivity index is 3.06. The molecule has 0 spiro atoms. The van der Waals surface area contributed by atoms with Crippen molar-refractivity contribution in [1.82, 2.24) is 5.43 Å². The van der Waals surface area contributed by atoms with Crippen LogP contribution in [0.15, 0.2) is 4.99 Å². The number of carbonyl (C=O) groups excluding carboxylic acids is 1. The highest BCUT2D eigenvalue weighted by atomic mass is 35.5. The van der Waals surface area contributed by atoms with Crippen LogP contribution in [0.2, 0.25) is 0 Å². The minimum Gasteiger partial charge on any atom is -0.292 e. The third-order valence-electron chi connectivity index (χ3n) is 1.55. The molecule has 0 saturated carbocycles. The van der Waals surface area contributed by atoms with Gasteiger partial charge in [-0.1, -0.05) is 23.4 Å². The normalized spacial score (nSPS) is 31.9. The molecule has 0 fully saturated rings. The number of nitrogens with two attached hydrogens (primary N) is 1. The summed E-state index contributed by atoms with van der Waals surface area (Å²) in [5.41, 5.74) is 1.45. The summed E-state index contributed by atoms with van der Waals surface area (Å²) in [6.07, 6.45) is -4.31. The van der Waals surface area contributed by atoms with E-state index in [0.29, 0.717) is 6.21 Å². The predicted molar refractivity (Wildman–Crippen MR) is 46.8 cm³/mol. The zero-order valence-electron chi connectivity index (χ0n) is 6.51. The van der Waals surface area contributed by atoms with E-state index in [2.05, 4.69) is 10.8 Å². The van der Waals surface area contributed by atoms with E-state index in [0.717, 1.165) is 0 Å². The van der Waals surface area contributed by atoms with E-state index in [1.807, 2.05) is 0 Å². The van der Waals surface area contributed by atoms with E-state index >= 15 is 0 Å². The molecule has 2 unspecified atom stereocenters. The van der Waals surface area contributed by atoms with Gasteiger partial charge in [0.25, 0.3) is 5.91 Å². The standard InChI is InChI=1S/C5H5ClF3N3OS/c6-3-11-1-4(14-3,2(13)12-10)5(7,8)9/h1,3H,10H2,(H,12,13). The lowest BCUT2D eigenvalue weighted by atomic mass is 10.1. The maximum absolute atomic E-state index is 12.5. The molecule has 0 saturated heterocycles. The number of hydrogen-bond donors (Lipinski definition) is 2. The van der Waals surface area contributed by atoms with Crippen molar-refractivity contribution in [1.29, 1.82) is 0 Å². The van der Waals surface area contributed by atoms with Crippen LogP contribution in [0.5, 0.6) is 0 Å². The number of carbonyl (C=O) groups is 1. The number of aliphatic imine (C=N–C) groups is 1. The van der Waals surface area contributed by atoms with Gasteiger partial charge in [-0.05, 0) is 0 Å². The lowest BCUT2D eigenvalue weighted by Crippen LogP contribution is -2.56. The fourth-order valence-corrected chi connectivity index (χ4v) is 2.19. The quantitative estimate of drug-likeness (QED) is 0.235. The minimum absolute atomic E-state index is 0.179. The van der Waals surface area contributed by atoms with Crippen molar-refractivity contribution in [2.75, 3.05) is 0 Å². The Morgan fingerprint density at radius 2 is 2.29 bits per heavy atom. The van der Waals surface area contributed by atoms with Crippen LogP contribution in [0, 0.1) is 0 Å². The van der Waals surface area contributed by atoms with Gasteiger partial charge in [0, 0.05) is 6.21 Å². The predicted octanol–water partition coefficient (Wildman–Crippen LogP) is 0.617. The van der Waals surface area contributed by atoms with E-state index in [1.165, 1.54) is 5.43 Å². The summed E-state index contributed by atoms with van der Waals surface area (Å²) in [7, 11) is 0. The molecule has 3 N–H and O–H groups in total. The van der Waals surface area contributed by atoms with Gasteiger partial charge in [0.1, 0.15) is 0 Å². The summed E-state index contributed by atoms with van der Waals surface area (Å²) in [5.74, 6) is 3.27. The van der Waals surface area contributed by atoms with Crippen molar-refractivity contribution in [2.45, 2.75) is 15.8 Å². The van der Waals surface area contributed by atoms with E-state index in [-0.39, 0.29) is 11.8 Å². The first-order valence-electron chi connectivity index (χ1n) is 3.27. The smallest absolute Gasteiger partial charge is 0.292 e. The van der Waals surface area contributed by atoms with Crippen LogP contribution >= 0.6 is 23.4 Å². The highest BCUT2D eigenvalue weighted by Gasteiger charge is 2.63. The Bertz CT molecular complexity index is 284. The van der Waals surface area contributed by atoms with Crippen molar-refractivity contribution in [3.05, 3.63) is 0 Å². The van der Waals surface area contributed by atoms with Crippen LogP contribution < -0.4 is 11.3 Å². The monoisotopic (exact) mass is 247 g/mol. The third-order valence-corrected chi connectivity index (χ3v) is 3.14. The van der Waals surface area contributed by atoms with Gasteiger partial charge >= 0.3 is 6.18 Å². The molecule has 1 heterocycles. The maximum Gasteiger partial charge on any atom is 0.417 e. The third kappa shape index (κ3) is 1.69. The van der Waals surface area contributed by atoms with E-state index in [4.69, 9.17) is 11.6 Å². The first-order chi connectivity index (χ1) is 6.33. The van der Waals surface area contributed by atoms with Gasteiger partial charge in [0.05, 0.1) is 0 Å². The highest BCUT2D eigenvalue weighted by Crippen LogP contribution is 2.47. The Labute approximate surface area is 86.0 Å². The number of hydrogen-bond acceptors (Lipinski definition) is 4. The summed E-state index contributed by atoms with van der Waals surface area (Å²) < 4.78 is 34.8. The molecule has 0 bridgehead atoms. The maximum atomic E-state index is 12.5. The first-order valence-corrected chi connectivity index (χ1v) is 4.59. The lowest BCUT2D eigenvalue weighted by molar-refractivity contribution is -0.158. The largest absolute Gasteiger partial charge is 0.417 e.